The van der Waals surface area contributed by atoms with E-state index in [2.05, 4.69) is 22.9 Å². The first-order valence-corrected chi connectivity index (χ1v) is 10.2. The molecule has 1 aromatic heterocycles. The minimum absolute atomic E-state index is 0.151. The first kappa shape index (κ1) is 20.7. The Morgan fingerprint density at radius 1 is 1.24 bits per heavy atom. The van der Waals surface area contributed by atoms with Gasteiger partial charge < -0.3 is 14.6 Å². The number of nitrogens with one attached hydrogen (secondary N) is 1. The van der Waals surface area contributed by atoms with E-state index in [4.69, 9.17) is 4.74 Å². The fourth-order valence-electron chi connectivity index (χ4n) is 4.14. The Morgan fingerprint density at radius 3 is 2.55 bits per heavy atom. The zero-order valence-corrected chi connectivity index (χ0v) is 17.7. The number of benzene rings is 1. The standard InChI is InChI=1S/C24H29N3O2/c1-16-7-5-6-8-23(16)26-24(28)20(15-25)14-19-13-17(2)27(18(19)3)21-9-11-22(29-4)12-10-21/h9-14,16,23H,5-8H2,1-4H3,(H,26,28)/b20-14+/t16-,23+/m1/s1. The number of nitriles is 1. The van der Waals surface area contributed by atoms with Crippen LogP contribution in [0.5, 0.6) is 5.75 Å². The van der Waals surface area contributed by atoms with Crippen molar-refractivity contribution in [2.75, 3.05) is 7.11 Å². The largest absolute Gasteiger partial charge is 0.497 e. The SMILES string of the molecule is COc1ccc(-n2c(C)cc(/C=C(\C#N)C(=O)N[C@H]3CCCC[C@H]3C)c2C)cc1. The molecular formula is C24H29N3O2. The minimum Gasteiger partial charge on any atom is -0.497 e. The average molecular weight is 392 g/mol. The van der Waals surface area contributed by atoms with E-state index >= 15 is 0 Å². The van der Waals surface area contributed by atoms with Crippen molar-refractivity contribution in [2.45, 2.75) is 52.5 Å². The van der Waals surface area contributed by atoms with Crippen LogP contribution >= 0.6 is 0 Å². The molecule has 0 unspecified atom stereocenters. The third-order valence-electron chi connectivity index (χ3n) is 5.89. The summed E-state index contributed by atoms with van der Waals surface area (Å²) in [5, 5.41) is 12.7. The Morgan fingerprint density at radius 2 is 1.93 bits per heavy atom. The van der Waals surface area contributed by atoms with E-state index in [1.165, 1.54) is 6.42 Å². The van der Waals surface area contributed by atoms with Crippen LogP contribution in [0.1, 0.15) is 49.6 Å². The van der Waals surface area contributed by atoms with Crippen molar-refractivity contribution in [3.63, 3.8) is 0 Å². The normalized spacial score (nSPS) is 19.5. The quantitative estimate of drug-likeness (QED) is 0.593. The van der Waals surface area contributed by atoms with Gasteiger partial charge in [0.25, 0.3) is 5.91 Å². The van der Waals surface area contributed by atoms with E-state index in [-0.39, 0.29) is 17.5 Å². The van der Waals surface area contributed by atoms with E-state index in [1.807, 2.05) is 44.2 Å². The third kappa shape index (κ3) is 4.54. The lowest BCUT2D eigenvalue weighted by atomic mass is 9.86. The Kier molecular flexibility index (Phi) is 6.43. The highest BCUT2D eigenvalue weighted by Crippen LogP contribution is 2.26. The van der Waals surface area contributed by atoms with Crippen LogP contribution in [0.4, 0.5) is 0 Å². The number of aryl methyl sites for hydroxylation is 1. The molecule has 0 bridgehead atoms. The lowest BCUT2D eigenvalue weighted by Gasteiger charge is -2.29. The van der Waals surface area contributed by atoms with E-state index in [0.717, 1.165) is 47.7 Å². The topological polar surface area (TPSA) is 67.0 Å². The summed E-state index contributed by atoms with van der Waals surface area (Å²) in [4.78, 5) is 12.7. The number of methoxy groups -OCH3 is 1. The highest BCUT2D eigenvalue weighted by molar-refractivity contribution is 6.02. The molecule has 1 aromatic carbocycles. The fourth-order valence-corrected chi connectivity index (χ4v) is 4.14. The molecule has 3 rings (SSSR count). The molecule has 2 atom stereocenters. The molecule has 0 spiro atoms. The molecule has 2 aromatic rings. The van der Waals surface area contributed by atoms with Crippen molar-refractivity contribution in [2.24, 2.45) is 5.92 Å². The molecule has 5 heteroatoms. The molecule has 1 heterocycles. The van der Waals surface area contributed by atoms with E-state index in [1.54, 1.807) is 13.2 Å². The second-order valence-corrected chi connectivity index (χ2v) is 7.87. The second kappa shape index (κ2) is 9.00. The van der Waals surface area contributed by atoms with Gasteiger partial charge in [-0.2, -0.15) is 5.26 Å². The van der Waals surface area contributed by atoms with Gasteiger partial charge in [-0.15, -0.1) is 0 Å². The second-order valence-electron chi connectivity index (χ2n) is 7.87. The summed E-state index contributed by atoms with van der Waals surface area (Å²) in [5.74, 6) is 0.977. The lowest BCUT2D eigenvalue weighted by Crippen LogP contribution is -2.41. The van der Waals surface area contributed by atoms with Crippen LogP contribution < -0.4 is 10.1 Å². The number of carbonyl (C=O) groups excluding carboxylic acids is 1. The number of hydrogen-bond donors (Lipinski definition) is 1. The zero-order valence-electron chi connectivity index (χ0n) is 17.7. The van der Waals surface area contributed by atoms with Crippen LogP contribution in [0.3, 0.4) is 0 Å². The Balaban J connectivity index is 1.86. The van der Waals surface area contributed by atoms with Gasteiger partial charge in [0.2, 0.25) is 0 Å². The van der Waals surface area contributed by atoms with Gasteiger partial charge in [0.15, 0.2) is 0 Å². The van der Waals surface area contributed by atoms with Crippen LogP contribution in [-0.4, -0.2) is 23.6 Å². The Labute approximate surface area is 173 Å². The van der Waals surface area contributed by atoms with Crippen molar-refractivity contribution in [3.8, 4) is 17.5 Å². The summed E-state index contributed by atoms with van der Waals surface area (Å²) in [6, 6.07) is 12.1. The van der Waals surface area contributed by atoms with Crippen molar-refractivity contribution < 1.29 is 9.53 Å². The number of hydrogen-bond acceptors (Lipinski definition) is 3. The summed E-state index contributed by atoms with van der Waals surface area (Å²) in [7, 11) is 1.65. The molecule has 0 saturated heterocycles. The summed E-state index contributed by atoms with van der Waals surface area (Å²) in [5.41, 5.74) is 4.07. The number of aromatic nitrogens is 1. The first-order chi connectivity index (χ1) is 13.9. The first-order valence-electron chi connectivity index (χ1n) is 10.2. The highest BCUT2D eigenvalue weighted by Gasteiger charge is 2.24. The van der Waals surface area contributed by atoms with Gasteiger partial charge in [-0.3, -0.25) is 4.79 Å². The summed E-state index contributed by atoms with van der Waals surface area (Å²) in [6.45, 7) is 6.19. The number of amides is 1. The smallest absolute Gasteiger partial charge is 0.262 e. The van der Waals surface area contributed by atoms with Gasteiger partial charge in [0.1, 0.15) is 17.4 Å². The van der Waals surface area contributed by atoms with Gasteiger partial charge in [-0.25, -0.2) is 0 Å². The van der Waals surface area contributed by atoms with Crippen LogP contribution in [0.2, 0.25) is 0 Å². The molecule has 1 aliphatic carbocycles. The van der Waals surface area contributed by atoms with Gasteiger partial charge in [-0.05, 0) is 74.6 Å². The predicted octanol–water partition coefficient (Wildman–Crippen LogP) is 4.70. The predicted molar refractivity (Wildman–Crippen MR) is 115 cm³/mol. The monoisotopic (exact) mass is 391 g/mol. The molecule has 1 aliphatic rings. The minimum atomic E-state index is -0.277. The van der Waals surface area contributed by atoms with Gasteiger partial charge in [-0.1, -0.05) is 19.8 Å². The van der Waals surface area contributed by atoms with Crippen LogP contribution in [-0.2, 0) is 4.79 Å². The lowest BCUT2D eigenvalue weighted by molar-refractivity contribution is -0.118. The molecule has 1 N–H and O–H groups in total. The van der Waals surface area contributed by atoms with Crippen molar-refractivity contribution in [1.29, 1.82) is 5.26 Å². The van der Waals surface area contributed by atoms with E-state index < -0.39 is 0 Å². The maximum atomic E-state index is 12.7. The highest BCUT2D eigenvalue weighted by atomic mass is 16.5. The molecule has 29 heavy (non-hydrogen) atoms. The van der Waals surface area contributed by atoms with Crippen LogP contribution in [0, 0.1) is 31.1 Å². The Hall–Kier alpha value is -3.00. The van der Waals surface area contributed by atoms with Crippen molar-refractivity contribution in [1.82, 2.24) is 9.88 Å². The maximum Gasteiger partial charge on any atom is 0.262 e. The molecule has 1 amide bonds. The number of carbonyl (C=O) groups is 1. The summed E-state index contributed by atoms with van der Waals surface area (Å²) < 4.78 is 7.35. The Bertz CT molecular complexity index is 948. The van der Waals surface area contributed by atoms with Gasteiger partial charge in [0, 0.05) is 23.1 Å². The molecule has 0 aliphatic heterocycles. The molecule has 5 nitrogen and oxygen atoms in total. The molecule has 0 radical (unpaired) electrons. The average Bonchev–Trinajstić information content (AvgIpc) is 3.00. The fraction of sp³-hybridized carbons (Fsp3) is 0.417. The number of nitrogens with zero attached hydrogens (tertiary/aromatic N) is 2. The molecular weight excluding hydrogens is 362 g/mol. The number of rotatable bonds is 5. The van der Waals surface area contributed by atoms with Crippen molar-refractivity contribution >= 4 is 12.0 Å². The van der Waals surface area contributed by atoms with Gasteiger partial charge >= 0.3 is 0 Å². The summed E-state index contributed by atoms with van der Waals surface area (Å²) >= 11 is 0. The molecule has 1 saturated carbocycles. The van der Waals surface area contributed by atoms with Crippen molar-refractivity contribution in [3.05, 3.63) is 52.9 Å². The maximum absolute atomic E-state index is 12.7. The number of ether oxygens (including phenoxy) is 1. The van der Waals surface area contributed by atoms with Crippen LogP contribution in [0.15, 0.2) is 35.9 Å². The van der Waals surface area contributed by atoms with E-state index in [0.29, 0.717) is 5.92 Å². The molecule has 1 fully saturated rings. The third-order valence-corrected chi connectivity index (χ3v) is 5.89. The molecule has 152 valence electrons. The zero-order chi connectivity index (χ0) is 21.0. The van der Waals surface area contributed by atoms with E-state index in [9.17, 15) is 10.1 Å². The summed E-state index contributed by atoms with van der Waals surface area (Å²) in [6.07, 6.45) is 6.15. The van der Waals surface area contributed by atoms with Crippen LogP contribution in [0.25, 0.3) is 11.8 Å². The van der Waals surface area contributed by atoms with Gasteiger partial charge in [0.05, 0.1) is 7.11 Å².